The molecule has 21 heavy (non-hydrogen) atoms. The fraction of sp³-hybridized carbons (Fsp3) is 0.133. The molecule has 2 rings (SSSR count). The summed E-state index contributed by atoms with van der Waals surface area (Å²) >= 11 is 0. The van der Waals surface area contributed by atoms with Crippen molar-refractivity contribution in [1.29, 1.82) is 5.26 Å². The molecule has 0 fully saturated rings. The van der Waals surface area contributed by atoms with Gasteiger partial charge in [-0.25, -0.2) is 8.42 Å². The molecule has 0 unspecified atom stereocenters. The zero-order valence-corrected chi connectivity index (χ0v) is 12.3. The van der Waals surface area contributed by atoms with Crippen LogP contribution in [0.4, 0.5) is 5.69 Å². The van der Waals surface area contributed by atoms with Crippen LogP contribution in [0.5, 0.6) is 0 Å². The number of anilines is 1. The minimum Gasteiger partial charge on any atom is -0.399 e. The maximum atomic E-state index is 12.4. The third-order valence-electron chi connectivity index (χ3n) is 3.05. The van der Waals surface area contributed by atoms with Crippen molar-refractivity contribution < 1.29 is 8.42 Å². The maximum absolute atomic E-state index is 12.4. The van der Waals surface area contributed by atoms with Gasteiger partial charge >= 0.3 is 0 Å². The van der Waals surface area contributed by atoms with Gasteiger partial charge in [-0.1, -0.05) is 12.1 Å². The van der Waals surface area contributed by atoms with Crippen LogP contribution in [0.15, 0.2) is 53.4 Å². The van der Waals surface area contributed by atoms with E-state index in [1.165, 1.54) is 23.5 Å². The van der Waals surface area contributed by atoms with Crippen LogP contribution in [0.3, 0.4) is 0 Å². The van der Waals surface area contributed by atoms with Crippen LogP contribution < -0.4 is 5.73 Å². The minimum absolute atomic E-state index is 0.190. The molecule has 0 saturated carbocycles. The number of sulfonamides is 1. The molecular formula is C15H15N3O2S. The quantitative estimate of drug-likeness (QED) is 0.874. The molecular weight excluding hydrogens is 286 g/mol. The summed E-state index contributed by atoms with van der Waals surface area (Å²) in [6.07, 6.45) is 0. The van der Waals surface area contributed by atoms with E-state index in [4.69, 9.17) is 11.0 Å². The number of hydrogen-bond acceptors (Lipinski definition) is 4. The Labute approximate surface area is 124 Å². The number of rotatable bonds is 4. The summed E-state index contributed by atoms with van der Waals surface area (Å²) in [6.45, 7) is 0.197. The summed E-state index contributed by atoms with van der Waals surface area (Å²) in [7, 11) is -2.07. The first kappa shape index (κ1) is 15.0. The highest BCUT2D eigenvalue weighted by Crippen LogP contribution is 2.18. The number of nitrogens with two attached hydrogens (primary N) is 1. The van der Waals surface area contributed by atoms with Gasteiger partial charge in [0.2, 0.25) is 10.0 Å². The molecule has 0 radical (unpaired) electrons. The number of benzene rings is 2. The molecule has 2 N–H and O–H groups in total. The topological polar surface area (TPSA) is 87.2 Å². The van der Waals surface area contributed by atoms with Gasteiger partial charge in [0.1, 0.15) is 0 Å². The van der Waals surface area contributed by atoms with Crippen molar-refractivity contribution in [1.82, 2.24) is 4.31 Å². The Morgan fingerprint density at radius 2 is 1.86 bits per heavy atom. The average Bonchev–Trinajstić information content (AvgIpc) is 2.48. The first-order chi connectivity index (χ1) is 9.93. The van der Waals surface area contributed by atoms with Gasteiger partial charge in [-0.3, -0.25) is 0 Å². The monoisotopic (exact) mass is 301 g/mol. The van der Waals surface area contributed by atoms with Crippen molar-refractivity contribution in [3.63, 3.8) is 0 Å². The zero-order chi connectivity index (χ0) is 15.5. The van der Waals surface area contributed by atoms with Crippen LogP contribution in [0.2, 0.25) is 0 Å². The minimum atomic E-state index is -3.58. The van der Waals surface area contributed by atoms with Gasteiger partial charge in [0.05, 0.1) is 16.5 Å². The Morgan fingerprint density at radius 3 is 2.48 bits per heavy atom. The van der Waals surface area contributed by atoms with Crippen molar-refractivity contribution >= 4 is 15.7 Å². The third-order valence-corrected chi connectivity index (χ3v) is 4.87. The largest absolute Gasteiger partial charge is 0.399 e. The lowest BCUT2D eigenvalue weighted by Gasteiger charge is -2.17. The van der Waals surface area contributed by atoms with E-state index in [1.807, 2.05) is 6.07 Å². The lowest BCUT2D eigenvalue weighted by atomic mass is 10.1. The molecule has 0 aliphatic rings. The molecule has 0 saturated heterocycles. The predicted octanol–water partition coefficient (Wildman–Crippen LogP) is 1.96. The second-order valence-electron chi connectivity index (χ2n) is 4.64. The number of nitrogen functional groups attached to an aromatic ring is 1. The van der Waals surface area contributed by atoms with Crippen molar-refractivity contribution in [2.75, 3.05) is 12.8 Å². The van der Waals surface area contributed by atoms with Crippen molar-refractivity contribution in [2.24, 2.45) is 0 Å². The molecule has 0 heterocycles. The fourth-order valence-corrected chi connectivity index (χ4v) is 3.06. The SMILES string of the molecule is CN(Cc1cccc(C#N)c1)S(=O)(=O)c1ccc(N)cc1. The Hall–Kier alpha value is -2.36. The van der Waals surface area contributed by atoms with Crippen LogP contribution in [-0.2, 0) is 16.6 Å². The van der Waals surface area contributed by atoms with E-state index in [0.717, 1.165) is 5.56 Å². The van der Waals surface area contributed by atoms with E-state index in [9.17, 15) is 8.42 Å². The van der Waals surface area contributed by atoms with Gasteiger partial charge in [0.25, 0.3) is 0 Å². The average molecular weight is 301 g/mol. The number of nitriles is 1. The smallest absolute Gasteiger partial charge is 0.243 e. The Bertz CT molecular complexity index is 777. The van der Waals surface area contributed by atoms with Crippen LogP contribution >= 0.6 is 0 Å². The van der Waals surface area contributed by atoms with E-state index >= 15 is 0 Å². The van der Waals surface area contributed by atoms with E-state index in [1.54, 1.807) is 36.4 Å². The second kappa shape index (κ2) is 5.95. The molecule has 2 aromatic carbocycles. The molecule has 0 amide bonds. The van der Waals surface area contributed by atoms with Crippen LogP contribution in [-0.4, -0.2) is 19.8 Å². The Morgan fingerprint density at radius 1 is 1.19 bits per heavy atom. The first-order valence-electron chi connectivity index (χ1n) is 6.24. The normalized spacial score (nSPS) is 11.3. The second-order valence-corrected chi connectivity index (χ2v) is 6.69. The van der Waals surface area contributed by atoms with E-state index in [-0.39, 0.29) is 11.4 Å². The summed E-state index contributed by atoms with van der Waals surface area (Å²) in [5.74, 6) is 0. The van der Waals surface area contributed by atoms with Gasteiger partial charge in [-0.05, 0) is 42.0 Å². The Balaban J connectivity index is 2.24. The molecule has 0 aliphatic carbocycles. The third kappa shape index (κ3) is 3.40. The van der Waals surface area contributed by atoms with E-state index in [0.29, 0.717) is 11.3 Å². The van der Waals surface area contributed by atoms with Crippen LogP contribution in [0.1, 0.15) is 11.1 Å². The Kier molecular flexibility index (Phi) is 4.26. The van der Waals surface area contributed by atoms with Crippen molar-refractivity contribution in [3.8, 4) is 6.07 Å². The molecule has 0 spiro atoms. The predicted molar refractivity (Wildman–Crippen MR) is 80.7 cm³/mol. The molecule has 2 aromatic rings. The number of nitrogens with zero attached hydrogens (tertiary/aromatic N) is 2. The van der Waals surface area contributed by atoms with Gasteiger partial charge in [0.15, 0.2) is 0 Å². The van der Waals surface area contributed by atoms with E-state index in [2.05, 4.69) is 0 Å². The highest BCUT2D eigenvalue weighted by Gasteiger charge is 2.20. The summed E-state index contributed by atoms with van der Waals surface area (Å²) in [5.41, 5.74) is 7.34. The van der Waals surface area contributed by atoms with Gasteiger partial charge in [-0.2, -0.15) is 9.57 Å². The van der Waals surface area contributed by atoms with Gasteiger partial charge in [-0.15, -0.1) is 0 Å². The van der Waals surface area contributed by atoms with Crippen LogP contribution in [0, 0.1) is 11.3 Å². The molecule has 0 aliphatic heterocycles. The van der Waals surface area contributed by atoms with Gasteiger partial charge in [0, 0.05) is 19.3 Å². The number of hydrogen-bond donors (Lipinski definition) is 1. The molecule has 6 heteroatoms. The standard InChI is InChI=1S/C15H15N3O2S/c1-18(11-13-4-2-3-12(9-13)10-16)21(19,20)15-7-5-14(17)6-8-15/h2-9H,11,17H2,1H3. The zero-order valence-electron chi connectivity index (χ0n) is 11.5. The molecule has 108 valence electrons. The van der Waals surface area contributed by atoms with Crippen molar-refractivity contribution in [3.05, 3.63) is 59.7 Å². The molecule has 0 aromatic heterocycles. The lowest BCUT2D eigenvalue weighted by Crippen LogP contribution is -2.26. The van der Waals surface area contributed by atoms with Gasteiger partial charge < -0.3 is 5.73 Å². The van der Waals surface area contributed by atoms with Crippen LogP contribution in [0.25, 0.3) is 0 Å². The highest BCUT2D eigenvalue weighted by atomic mass is 32.2. The van der Waals surface area contributed by atoms with E-state index < -0.39 is 10.0 Å². The first-order valence-corrected chi connectivity index (χ1v) is 7.68. The maximum Gasteiger partial charge on any atom is 0.243 e. The highest BCUT2D eigenvalue weighted by molar-refractivity contribution is 7.89. The fourth-order valence-electron chi connectivity index (χ4n) is 1.90. The van der Waals surface area contributed by atoms with Crippen molar-refractivity contribution in [2.45, 2.75) is 11.4 Å². The summed E-state index contributed by atoms with van der Waals surface area (Å²) < 4.78 is 26.1. The molecule has 5 nitrogen and oxygen atoms in total. The lowest BCUT2D eigenvalue weighted by molar-refractivity contribution is 0.466. The molecule has 0 atom stereocenters. The molecule has 0 bridgehead atoms. The summed E-state index contributed by atoms with van der Waals surface area (Å²) in [5, 5.41) is 8.87. The summed E-state index contributed by atoms with van der Waals surface area (Å²) in [4.78, 5) is 0.190. The summed E-state index contributed by atoms with van der Waals surface area (Å²) in [6, 6.07) is 15.0.